The Balaban J connectivity index is 4.44. The zero-order valence-electron chi connectivity index (χ0n) is 13.6. The smallest absolute Gasteiger partial charge is 0.458 e. The van der Waals surface area contributed by atoms with Gasteiger partial charge >= 0.3 is 23.5 Å². The van der Waals surface area contributed by atoms with Gasteiger partial charge in [0.15, 0.2) is 0 Å². The third-order valence-electron chi connectivity index (χ3n) is 2.29. The largest absolute Gasteiger partial charge is 0.461 e. The molecule has 0 aromatic rings. The van der Waals surface area contributed by atoms with Crippen molar-refractivity contribution in [2.75, 3.05) is 13.2 Å². The Bertz CT molecular complexity index is 535. The van der Waals surface area contributed by atoms with Crippen LogP contribution in [0.4, 0.5) is 18.0 Å². The maximum Gasteiger partial charge on any atom is 0.461 e. The second-order valence-electron chi connectivity index (χ2n) is 4.76. The molecule has 11 heteroatoms. The number of hydrogen-bond donors (Lipinski definition) is 1. The molecular weight excluding hydrogens is 367 g/mol. The lowest BCUT2D eigenvalue weighted by molar-refractivity contribution is -0.154. The summed E-state index contributed by atoms with van der Waals surface area (Å²) in [5, 5.41) is 0. The minimum absolute atomic E-state index is 0.0940. The Labute approximate surface area is 146 Å². The van der Waals surface area contributed by atoms with E-state index in [-0.39, 0.29) is 30.8 Å². The average molecular weight is 385 g/mol. The van der Waals surface area contributed by atoms with Crippen molar-refractivity contribution >= 4 is 30.0 Å². The maximum absolute atomic E-state index is 11.9. The van der Waals surface area contributed by atoms with Gasteiger partial charge in [-0.3, -0.25) is 4.72 Å². The van der Waals surface area contributed by atoms with E-state index in [1.54, 1.807) is 0 Å². The average Bonchev–Trinajstić information content (AvgIpc) is 2.48. The van der Waals surface area contributed by atoms with Crippen LogP contribution in [0.1, 0.15) is 20.3 Å². The van der Waals surface area contributed by atoms with Gasteiger partial charge in [0, 0.05) is 17.6 Å². The summed E-state index contributed by atoms with van der Waals surface area (Å²) in [5.74, 6) is -1.47. The lowest BCUT2D eigenvalue weighted by Crippen LogP contribution is -2.29. The summed E-state index contributed by atoms with van der Waals surface area (Å²) in [5.41, 5.74) is -4.42. The Morgan fingerprint density at radius 2 is 1.64 bits per heavy atom. The molecule has 0 aliphatic rings. The molecule has 0 heterocycles. The van der Waals surface area contributed by atoms with Gasteiger partial charge in [-0.2, -0.15) is 13.2 Å². The van der Waals surface area contributed by atoms with Crippen LogP contribution < -0.4 is 4.72 Å². The van der Waals surface area contributed by atoms with E-state index < -0.39 is 41.6 Å². The van der Waals surface area contributed by atoms with E-state index in [2.05, 4.69) is 17.9 Å². The number of rotatable bonds is 9. The molecule has 142 valence electrons. The summed E-state index contributed by atoms with van der Waals surface area (Å²) in [6, 6.07) is 0. The van der Waals surface area contributed by atoms with Gasteiger partial charge in [-0.05, 0) is 13.8 Å². The Morgan fingerprint density at radius 1 is 1.08 bits per heavy atom. The summed E-state index contributed by atoms with van der Waals surface area (Å²) in [4.78, 5) is 33.9. The van der Waals surface area contributed by atoms with Crippen LogP contribution in [0.5, 0.6) is 0 Å². The van der Waals surface area contributed by atoms with Crippen molar-refractivity contribution in [2.24, 2.45) is 0 Å². The van der Waals surface area contributed by atoms with Gasteiger partial charge in [0.2, 0.25) is 0 Å². The number of esters is 2. The van der Waals surface area contributed by atoms with Gasteiger partial charge in [-0.15, -0.1) is 0 Å². The SMILES string of the molecule is C=C(C)C(=O)OCC(CCOC(=O)NSC(F)(F)F)OC(=O)C(=C)C. The highest BCUT2D eigenvalue weighted by Gasteiger charge is 2.30. The van der Waals surface area contributed by atoms with E-state index >= 15 is 0 Å². The minimum atomic E-state index is -4.64. The van der Waals surface area contributed by atoms with Gasteiger partial charge in [0.05, 0.1) is 18.6 Å². The molecule has 0 spiro atoms. The summed E-state index contributed by atoms with van der Waals surface area (Å²) in [6.07, 6.45) is -2.39. The number of carbonyl (C=O) groups is 3. The van der Waals surface area contributed by atoms with Crippen molar-refractivity contribution in [3.05, 3.63) is 24.3 Å². The van der Waals surface area contributed by atoms with Crippen molar-refractivity contribution in [1.82, 2.24) is 4.72 Å². The fraction of sp³-hybridized carbons (Fsp3) is 0.500. The third kappa shape index (κ3) is 11.9. The van der Waals surface area contributed by atoms with E-state index in [9.17, 15) is 27.6 Å². The number of hydrogen-bond acceptors (Lipinski definition) is 7. The quantitative estimate of drug-likeness (QED) is 0.282. The zero-order chi connectivity index (χ0) is 19.6. The van der Waals surface area contributed by atoms with Crippen molar-refractivity contribution in [3.8, 4) is 0 Å². The molecule has 1 atom stereocenters. The van der Waals surface area contributed by atoms with Crippen molar-refractivity contribution in [3.63, 3.8) is 0 Å². The van der Waals surface area contributed by atoms with Crippen molar-refractivity contribution < 1.29 is 41.8 Å². The van der Waals surface area contributed by atoms with Crippen molar-refractivity contribution in [2.45, 2.75) is 31.9 Å². The Hall–Kier alpha value is -2.17. The normalized spacial score (nSPS) is 11.9. The summed E-state index contributed by atoms with van der Waals surface area (Å²) in [6.45, 7) is 8.87. The summed E-state index contributed by atoms with van der Waals surface area (Å²) >= 11 is -0.768. The van der Waals surface area contributed by atoms with Crippen LogP contribution in [0.25, 0.3) is 0 Å². The molecule has 0 rings (SSSR count). The molecule has 0 aliphatic heterocycles. The topological polar surface area (TPSA) is 90.9 Å². The van der Waals surface area contributed by atoms with Crippen LogP contribution in [0.2, 0.25) is 0 Å². The summed E-state index contributed by atoms with van der Waals surface area (Å²) < 4.78 is 51.5. The molecule has 0 bridgehead atoms. The highest BCUT2D eigenvalue weighted by atomic mass is 32.2. The van der Waals surface area contributed by atoms with Crippen molar-refractivity contribution in [1.29, 1.82) is 0 Å². The molecule has 1 unspecified atom stereocenters. The van der Waals surface area contributed by atoms with Crippen LogP contribution in [0, 0.1) is 0 Å². The molecule has 1 amide bonds. The molecular formula is C14H18F3NO6S. The van der Waals surface area contributed by atoms with E-state index in [1.165, 1.54) is 18.6 Å². The second-order valence-corrected chi connectivity index (χ2v) is 5.63. The lowest BCUT2D eigenvalue weighted by atomic mass is 10.2. The predicted molar refractivity (Wildman–Crippen MR) is 83.2 cm³/mol. The number of carbonyl (C=O) groups excluding carboxylic acids is 3. The monoisotopic (exact) mass is 385 g/mol. The standard InChI is InChI=1S/C14H18F3NO6S/c1-8(2)11(19)23-7-10(24-12(20)9(3)4)5-6-22-13(21)18-25-14(15,16)17/h10H,1,3,5-7H2,2,4H3,(H,18,21). The van der Waals surface area contributed by atoms with E-state index in [4.69, 9.17) is 9.47 Å². The first kappa shape index (κ1) is 22.8. The molecule has 0 aliphatic carbocycles. The van der Waals surface area contributed by atoms with Gasteiger partial charge in [-0.1, -0.05) is 13.2 Å². The van der Waals surface area contributed by atoms with Crippen LogP contribution in [-0.2, 0) is 23.8 Å². The molecule has 7 nitrogen and oxygen atoms in total. The number of alkyl halides is 3. The van der Waals surface area contributed by atoms with Crippen LogP contribution in [-0.4, -0.2) is 42.9 Å². The van der Waals surface area contributed by atoms with E-state index in [0.717, 1.165) is 0 Å². The molecule has 0 saturated heterocycles. The fourth-order valence-electron chi connectivity index (χ4n) is 1.13. The maximum atomic E-state index is 11.9. The highest BCUT2D eigenvalue weighted by Crippen LogP contribution is 2.27. The Kier molecular flexibility index (Phi) is 9.72. The predicted octanol–water partition coefficient (Wildman–Crippen LogP) is 2.88. The van der Waals surface area contributed by atoms with Gasteiger partial charge < -0.3 is 14.2 Å². The summed E-state index contributed by atoms with van der Waals surface area (Å²) in [7, 11) is 0. The zero-order valence-corrected chi connectivity index (χ0v) is 14.4. The number of halogens is 3. The van der Waals surface area contributed by atoms with Gasteiger partial charge in [-0.25, -0.2) is 14.4 Å². The van der Waals surface area contributed by atoms with Crippen LogP contribution in [0.3, 0.4) is 0 Å². The molecule has 25 heavy (non-hydrogen) atoms. The first-order chi connectivity index (χ1) is 11.4. The van der Waals surface area contributed by atoms with Crippen LogP contribution >= 0.6 is 11.9 Å². The number of amides is 1. The Morgan fingerprint density at radius 3 is 2.12 bits per heavy atom. The van der Waals surface area contributed by atoms with E-state index in [0.29, 0.717) is 0 Å². The molecule has 1 N–H and O–H groups in total. The highest BCUT2D eigenvalue weighted by molar-refractivity contribution is 7.98. The number of ether oxygens (including phenoxy) is 3. The third-order valence-corrected chi connectivity index (χ3v) is 2.79. The first-order valence-electron chi connectivity index (χ1n) is 6.79. The lowest BCUT2D eigenvalue weighted by Gasteiger charge is -2.18. The second kappa shape index (κ2) is 10.6. The van der Waals surface area contributed by atoms with Gasteiger partial charge in [0.25, 0.3) is 0 Å². The molecule has 0 fully saturated rings. The molecule has 0 aromatic carbocycles. The first-order valence-corrected chi connectivity index (χ1v) is 7.60. The molecule has 0 aromatic heterocycles. The molecule has 0 saturated carbocycles. The van der Waals surface area contributed by atoms with E-state index in [1.807, 2.05) is 0 Å². The number of nitrogens with one attached hydrogen (secondary N) is 1. The fourth-order valence-corrected chi connectivity index (χ4v) is 1.39. The van der Waals surface area contributed by atoms with Crippen LogP contribution in [0.15, 0.2) is 24.3 Å². The molecule has 0 radical (unpaired) electrons. The minimum Gasteiger partial charge on any atom is -0.458 e. The van der Waals surface area contributed by atoms with Gasteiger partial charge in [0.1, 0.15) is 12.7 Å².